The Labute approximate surface area is 187 Å². The van der Waals surface area contributed by atoms with Gasteiger partial charge in [0.25, 0.3) is 0 Å². The Morgan fingerprint density at radius 1 is 1.09 bits per heavy atom. The Morgan fingerprint density at radius 2 is 1.72 bits per heavy atom. The number of fused-ring (bicyclic) bond motifs is 1. The summed E-state index contributed by atoms with van der Waals surface area (Å²) in [6.07, 6.45) is -3.03. The number of aliphatic carboxylic acids is 2. The molecule has 11 heteroatoms. The molecule has 0 saturated carbocycles. The number of rotatable bonds is 4. The van der Waals surface area contributed by atoms with Gasteiger partial charge < -0.3 is 25.6 Å². The number of hydrogen-bond donors (Lipinski definition) is 4. The van der Waals surface area contributed by atoms with Crippen LogP contribution in [-0.2, 0) is 22.4 Å². The Balaban J connectivity index is 0.000000534. The Kier molecular flexibility index (Phi) is 8.73. The maximum Gasteiger partial charge on any atom is 0.573 e. The minimum atomic E-state index is -4.73. The average Bonchev–Trinajstić information content (AvgIpc) is 2.95. The molecule has 2 aromatic rings. The van der Waals surface area contributed by atoms with Crippen LogP contribution in [0.1, 0.15) is 29.7 Å². The number of carboxylic acids is 2. The number of hydrogen-bond acceptors (Lipinski definition) is 5. The summed E-state index contributed by atoms with van der Waals surface area (Å²) in [5, 5.41) is 22.0. The molecule has 174 valence electrons. The topological polar surface area (TPSA) is 108 Å². The number of nitrogens with one attached hydrogen (secondary N) is 2. The summed E-state index contributed by atoms with van der Waals surface area (Å²) >= 11 is 6.40. The van der Waals surface area contributed by atoms with Gasteiger partial charge in [-0.1, -0.05) is 35.9 Å². The van der Waals surface area contributed by atoms with E-state index in [1.807, 2.05) is 12.1 Å². The van der Waals surface area contributed by atoms with Gasteiger partial charge in [-0.3, -0.25) is 0 Å². The summed E-state index contributed by atoms with van der Waals surface area (Å²) in [6.45, 7) is 3.53. The first kappa shape index (κ1) is 25.3. The van der Waals surface area contributed by atoms with Gasteiger partial charge in [0.15, 0.2) is 0 Å². The SMILES string of the molecule is CC(Nc1c(Cl)ccc2c1CCNCC2)c1ccccc1OC(F)(F)F.O=C(O)C(=O)O. The largest absolute Gasteiger partial charge is 0.573 e. The highest BCUT2D eigenvalue weighted by Gasteiger charge is 2.32. The monoisotopic (exact) mass is 474 g/mol. The lowest BCUT2D eigenvalue weighted by molar-refractivity contribution is -0.274. The fourth-order valence-electron chi connectivity index (χ4n) is 3.25. The highest BCUT2D eigenvalue weighted by atomic mass is 35.5. The molecule has 1 aliphatic rings. The summed E-state index contributed by atoms with van der Waals surface area (Å²) in [4.78, 5) is 18.2. The highest BCUT2D eigenvalue weighted by Crippen LogP contribution is 2.36. The summed E-state index contributed by atoms with van der Waals surface area (Å²) in [6, 6.07) is 9.58. The lowest BCUT2D eigenvalue weighted by Gasteiger charge is -2.23. The Bertz CT molecular complexity index is 957. The molecule has 0 spiro atoms. The second kappa shape index (κ2) is 11.1. The average molecular weight is 475 g/mol. The van der Waals surface area contributed by atoms with Gasteiger partial charge in [-0.2, -0.15) is 0 Å². The first-order chi connectivity index (χ1) is 15.0. The predicted octanol–water partition coefficient (Wildman–Crippen LogP) is 4.26. The van der Waals surface area contributed by atoms with Crippen molar-refractivity contribution in [2.75, 3.05) is 18.4 Å². The highest BCUT2D eigenvalue weighted by molar-refractivity contribution is 6.33. The summed E-state index contributed by atoms with van der Waals surface area (Å²) in [5.74, 6) is -3.86. The van der Waals surface area contributed by atoms with Gasteiger partial charge in [0, 0.05) is 5.56 Å². The quantitative estimate of drug-likeness (QED) is 0.490. The fourth-order valence-corrected chi connectivity index (χ4v) is 3.48. The first-order valence-corrected chi connectivity index (χ1v) is 9.95. The molecule has 1 atom stereocenters. The first-order valence-electron chi connectivity index (χ1n) is 9.58. The smallest absolute Gasteiger partial charge is 0.473 e. The third kappa shape index (κ3) is 7.31. The van der Waals surface area contributed by atoms with Crippen molar-refractivity contribution in [1.29, 1.82) is 0 Å². The van der Waals surface area contributed by atoms with Gasteiger partial charge in [-0.05, 0) is 56.1 Å². The molecule has 0 radical (unpaired) electrons. The minimum Gasteiger partial charge on any atom is -0.473 e. The molecule has 0 amide bonds. The molecule has 2 aromatic carbocycles. The van der Waals surface area contributed by atoms with E-state index in [2.05, 4.69) is 15.4 Å². The van der Waals surface area contributed by atoms with E-state index in [0.717, 1.165) is 37.2 Å². The number of carboxylic acid groups (broad SMARTS) is 2. The van der Waals surface area contributed by atoms with E-state index < -0.39 is 24.3 Å². The van der Waals surface area contributed by atoms with Gasteiger partial charge in [0.05, 0.1) is 16.8 Å². The van der Waals surface area contributed by atoms with Gasteiger partial charge in [-0.25, -0.2) is 9.59 Å². The van der Waals surface area contributed by atoms with Gasteiger partial charge in [-0.15, -0.1) is 13.2 Å². The van der Waals surface area contributed by atoms with Crippen LogP contribution in [0, 0.1) is 0 Å². The molecule has 0 saturated heterocycles. The minimum absolute atomic E-state index is 0.209. The molecule has 4 N–H and O–H groups in total. The molecule has 7 nitrogen and oxygen atoms in total. The van der Waals surface area contributed by atoms with Crippen LogP contribution < -0.4 is 15.4 Å². The molecule has 32 heavy (non-hydrogen) atoms. The van der Waals surface area contributed by atoms with Crippen LogP contribution in [0.25, 0.3) is 0 Å². The van der Waals surface area contributed by atoms with Crippen molar-refractivity contribution >= 4 is 29.2 Å². The van der Waals surface area contributed by atoms with Gasteiger partial charge in [0.2, 0.25) is 0 Å². The molecular formula is C21H22ClF3N2O5. The second-order valence-corrected chi connectivity index (χ2v) is 7.28. The number of benzene rings is 2. The van der Waals surface area contributed by atoms with Crippen molar-refractivity contribution in [3.8, 4) is 5.75 Å². The fraction of sp³-hybridized carbons (Fsp3) is 0.333. The lowest BCUT2D eigenvalue weighted by atomic mass is 9.99. The van der Waals surface area contributed by atoms with Crippen LogP contribution in [0.2, 0.25) is 5.02 Å². The molecule has 1 aliphatic heterocycles. The van der Waals surface area contributed by atoms with E-state index in [0.29, 0.717) is 10.6 Å². The number of anilines is 1. The van der Waals surface area contributed by atoms with Crippen LogP contribution in [0.3, 0.4) is 0 Å². The number of carbonyl (C=O) groups is 2. The van der Waals surface area contributed by atoms with E-state index in [9.17, 15) is 13.2 Å². The van der Waals surface area contributed by atoms with Crippen molar-refractivity contribution in [3.63, 3.8) is 0 Å². The summed E-state index contributed by atoms with van der Waals surface area (Å²) < 4.78 is 42.2. The molecule has 0 fully saturated rings. The van der Waals surface area contributed by atoms with E-state index in [-0.39, 0.29) is 5.75 Å². The normalized spacial score (nSPS) is 14.2. The molecule has 3 rings (SSSR count). The standard InChI is InChI=1S/C19H20ClF3N2O.C2H2O4/c1-12(14-4-2-3-5-17(14)26-19(21,22)23)25-18-15-9-11-24-10-8-13(15)6-7-16(18)20;3-1(4)2(5)6/h2-7,12,24-25H,8-11H2,1H3;(H,3,4)(H,5,6). The zero-order chi connectivity index (χ0) is 23.9. The van der Waals surface area contributed by atoms with Crippen molar-refractivity contribution < 1.29 is 37.7 Å². The van der Waals surface area contributed by atoms with Crippen molar-refractivity contribution in [2.45, 2.75) is 32.2 Å². The zero-order valence-corrected chi connectivity index (χ0v) is 17.8. The maximum absolute atomic E-state index is 12.7. The maximum atomic E-state index is 12.7. The van der Waals surface area contributed by atoms with E-state index in [4.69, 9.17) is 31.4 Å². The molecule has 1 unspecified atom stereocenters. The third-order valence-corrected chi connectivity index (χ3v) is 4.95. The lowest BCUT2D eigenvalue weighted by Crippen LogP contribution is -2.20. The molecular weight excluding hydrogens is 453 g/mol. The molecule has 0 aromatic heterocycles. The number of ether oxygens (including phenoxy) is 1. The third-order valence-electron chi connectivity index (χ3n) is 4.64. The Hall–Kier alpha value is -2.98. The molecule has 1 heterocycles. The number of halogens is 4. The van der Waals surface area contributed by atoms with E-state index in [1.165, 1.54) is 17.7 Å². The second-order valence-electron chi connectivity index (χ2n) is 6.87. The Morgan fingerprint density at radius 3 is 2.34 bits per heavy atom. The van der Waals surface area contributed by atoms with Crippen molar-refractivity contribution in [2.24, 2.45) is 0 Å². The van der Waals surface area contributed by atoms with Crippen LogP contribution in [-0.4, -0.2) is 41.6 Å². The van der Waals surface area contributed by atoms with Crippen molar-refractivity contribution in [3.05, 3.63) is 58.1 Å². The number of para-hydroxylation sites is 1. The van der Waals surface area contributed by atoms with Gasteiger partial charge in [0.1, 0.15) is 5.75 Å². The van der Waals surface area contributed by atoms with Crippen LogP contribution >= 0.6 is 11.6 Å². The van der Waals surface area contributed by atoms with Crippen LogP contribution in [0.5, 0.6) is 5.75 Å². The number of alkyl halides is 3. The summed E-state index contributed by atoms with van der Waals surface area (Å²) in [7, 11) is 0. The van der Waals surface area contributed by atoms with Crippen molar-refractivity contribution in [1.82, 2.24) is 5.32 Å². The van der Waals surface area contributed by atoms with E-state index in [1.54, 1.807) is 19.1 Å². The van der Waals surface area contributed by atoms with Gasteiger partial charge >= 0.3 is 18.3 Å². The van der Waals surface area contributed by atoms with Crippen LogP contribution in [0.15, 0.2) is 36.4 Å². The zero-order valence-electron chi connectivity index (χ0n) is 17.0. The van der Waals surface area contributed by atoms with Crippen LogP contribution in [0.4, 0.5) is 18.9 Å². The molecule has 0 bridgehead atoms. The van der Waals surface area contributed by atoms with E-state index >= 15 is 0 Å². The summed E-state index contributed by atoms with van der Waals surface area (Å²) in [5.41, 5.74) is 3.52. The molecule has 0 aliphatic carbocycles. The predicted molar refractivity (Wildman–Crippen MR) is 112 cm³/mol.